The molecule has 4 nitrogen and oxygen atoms in total. The quantitative estimate of drug-likeness (QED) is 0.747. The third kappa shape index (κ3) is 2.14. The van der Waals surface area contributed by atoms with Crippen molar-refractivity contribution in [1.82, 2.24) is 4.90 Å². The summed E-state index contributed by atoms with van der Waals surface area (Å²) in [4.78, 5) is 2.21. The number of likely N-dealkylation sites (tertiary alicyclic amines) is 1. The summed E-state index contributed by atoms with van der Waals surface area (Å²) < 4.78 is 10.7. The maximum atomic E-state index is 8.69. The molecule has 2 aliphatic rings. The van der Waals surface area contributed by atoms with Gasteiger partial charge in [0.1, 0.15) is 0 Å². The molecule has 18 heavy (non-hydrogen) atoms. The lowest BCUT2D eigenvalue weighted by molar-refractivity contribution is 0.174. The molecular weight excluding hydrogens is 228 g/mol. The second-order valence-corrected chi connectivity index (χ2v) is 4.82. The van der Waals surface area contributed by atoms with E-state index in [2.05, 4.69) is 23.1 Å². The van der Waals surface area contributed by atoms with E-state index < -0.39 is 0 Å². The van der Waals surface area contributed by atoms with Gasteiger partial charge < -0.3 is 9.47 Å². The molecule has 0 amide bonds. The van der Waals surface area contributed by atoms with Crippen LogP contribution in [0, 0.1) is 11.3 Å². The zero-order valence-electron chi connectivity index (χ0n) is 10.3. The van der Waals surface area contributed by atoms with Crippen LogP contribution in [0.4, 0.5) is 0 Å². The van der Waals surface area contributed by atoms with Gasteiger partial charge in [-0.05, 0) is 49.5 Å². The molecule has 0 atom stereocenters. The van der Waals surface area contributed by atoms with Crippen LogP contribution in [0.1, 0.15) is 24.3 Å². The summed E-state index contributed by atoms with van der Waals surface area (Å²) in [5.74, 6) is 2.29. The van der Waals surface area contributed by atoms with Gasteiger partial charge in [-0.2, -0.15) is 5.26 Å². The van der Waals surface area contributed by atoms with Gasteiger partial charge in [-0.3, -0.25) is 4.90 Å². The van der Waals surface area contributed by atoms with Crippen LogP contribution in [0.5, 0.6) is 11.5 Å². The minimum Gasteiger partial charge on any atom is -0.454 e. The molecule has 0 unspecified atom stereocenters. The molecule has 4 heteroatoms. The highest BCUT2D eigenvalue weighted by molar-refractivity contribution is 5.45. The number of rotatable bonds is 2. The molecule has 1 aromatic carbocycles. The third-order valence-corrected chi connectivity index (χ3v) is 3.75. The van der Waals surface area contributed by atoms with Crippen molar-refractivity contribution in [3.8, 4) is 17.6 Å². The summed E-state index contributed by atoms with van der Waals surface area (Å²) >= 11 is 0. The van der Waals surface area contributed by atoms with Crippen LogP contribution in [0.2, 0.25) is 0 Å². The molecule has 0 aliphatic carbocycles. The monoisotopic (exact) mass is 244 g/mol. The number of ether oxygens (including phenoxy) is 2. The predicted molar refractivity (Wildman–Crippen MR) is 66.6 cm³/mol. The van der Waals surface area contributed by atoms with Crippen LogP contribution in [0.3, 0.4) is 0 Å². The molecule has 2 heterocycles. The van der Waals surface area contributed by atoms with Crippen LogP contribution < -0.4 is 9.47 Å². The SMILES string of the molecule is N#CCN1CCC(c2ccc3c(c2)OCO3)CC1. The summed E-state index contributed by atoms with van der Waals surface area (Å²) in [5.41, 5.74) is 1.33. The standard InChI is InChI=1S/C14H16N2O2/c15-5-8-16-6-3-11(4-7-16)12-1-2-13-14(9-12)18-10-17-13/h1-2,9,11H,3-4,6-8,10H2. The highest BCUT2D eigenvalue weighted by atomic mass is 16.7. The Balaban J connectivity index is 1.68. The number of benzene rings is 1. The van der Waals surface area contributed by atoms with E-state index in [1.807, 2.05) is 6.07 Å². The first-order valence-electron chi connectivity index (χ1n) is 6.35. The van der Waals surface area contributed by atoms with Gasteiger partial charge in [0, 0.05) is 0 Å². The molecule has 2 aliphatic heterocycles. The van der Waals surface area contributed by atoms with Gasteiger partial charge in [-0.1, -0.05) is 6.07 Å². The van der Waals surface area contributed by atoms with Crippen LogP contribution >= 0.6 is 0 Å². The molecule has 0 bridgehead atoms. The highest BCUT2D eigenvalue weighted by Gasteiger charge is 2.22. The highest BCUT2D eigenvalue weighted by Crippen LogP contribution is 2.37. The summed E-state index contributed by atoms with van der Waals surface area (Å²) in [7, 11) is 0. The number of hydrogen-bond donors (Lipinski definition) is 0. The van der Waals surface area contributed by atoms with E-state index >= 15 is 0 Å². The van der Waals surface area contributed by atoms with Crippen molar-refractivity contribution in [3.63, 3.8) is 0 Å². The van der Waals surface area contributed by atoms with Crippen LogP contribution in [0.25, 0.3) is 0 Å². The molecule has 1 saturated heterocycles. The van der Waals surface area contributed by atoms with E-state index in [0.717, 1.165) is 37.4 Å². The maximum absolute atomic E-state index is 8.69. The van der Waals surface area contributed by atoms with Crippen molar-refractivity contribution in [2.75, 3.05) is 26.4 Å². The normalized spacial score (nSPS) is 19.7. The lowest BCUT2D eigenvalue weighted by atomic mass is 9.89. The summed E-state index contributed by atoms with van der Waals surface area (Å²) in [6, 6.07) is 8.46. The molecule has 0 saturated carbocycles. The molecule has 94 valence electrons. The number of hydrogen-bond acceptors (Lipinski definition) is 4. The Bertz CT molecular complexity index is 473. The first kappa shape index (κ1) is 11.4. The Kier molecular flexibility index (Phi) is 3.07. The fourth-order valence-electron chi connectivity index (χ4n) is 2.69. The van der Waals surface area contributed by atoms with Gasteiger partial charge in [0.05, 0.1) is 12.6 Å². The van der Waals surface area contributed by atoms with Gasteiger partial charge in [0.25, 0.3) is 0 Å². The Morgan fingerprint density at radius 3 is 2.78 bits per heavy atom. The smallest absolute Gasteiger partial charge is 0.231 e. The van der Waals surface area contributed by atoms with Crippen molar-refractivity contribution in [1.29, 1.82) is 5.26 Å². The largest absolute Gasteiger partial charge is 0.454 e. The molecule has 3 rings (SSSR count). The third-order valence-electron chi connectivity index (χ3n) is 3.75. The number of fused-ring (bicyclic) bond motifs is 1. The first-order chi connectivity index (χ1) is 8.86. The summed E-state index contributed by atoms with van der Waals surface area (Å²) in [6.07, 6.45) is 2.22. The fraction of sp³-hybridized carbons (Fsp3) is 0.500. The molecule has 0 radical (unpaired) electrons. The second kappa shape index (κ2) is 4.87. The van der Waals surface area contributed by atoms with Crippen molar-refractivity contribution in [2.45, 2.75) is 18.8 Å². The van der Waals surface area contributed by atoms with Crippen molar-refractivity contribution in [3.05, 3.63) is 23.8 Å². The van der Waals surface area contributed by atoms with E-state index in [0.29, 0.717) is 19.3 Å². The topological polar surface area (TPSA) is 45.5 Å². The fourth-order valence-corrected chi connectivity index (χ4v) is 2.69. The van der Waals surface area contributed by atoms with Gasteiger partial charge in [0.2, 0.25) is 6.79 Å². The molecule has 0 spiro atoms. The van der Waals surface area contributed by atoms with E-state index in [1.165, 1.54) is 5.56 Å². The maximum Gasteiger partial charge on any atom is 0.231 e. The Morgan fingerprint density at radius 2 is 2.00 bits per heavy atom. The van der Waals surface area contributed by atoms with Gasteiger partial charge >= 0.3 is 0 Å². The molecular formula is C14H16N2O2. The summed E-state index contributed by atoms with van der Waals surface area (Å²) in [5, 5.41) is 8.69. The molecule has 0 aromatic heterocycles. The Labute approximate surface area is 107 Å². The minimum atomic E-state index is 0.333. The van der Waals surface area contributed by atoms with Gasteiger partial charge in [-0.15, -0.1) is 0 Å². The van der Waals surface area contributed by atoms with E-state index in [9.17, 15) is 0 Å². The number of piperidine rings is 1. The Hall–Kier alpha value is -1.73. The molecule has 1 aromatic rings. The lowest BCUT2D eigenvalue weighted by Crippen LogP contribution is -2.33. The number of nitrogens with zero attached hydrogens (tertiary/aromatic N) is 2. The lowest BCUT2D eigenvalue weighted by Gasteiger charge is -2.30. The molecule has 1 fully saturated rings. The van der Waals surface area contributed by atoms with E-state index in [1.54, 1.807) is 0 Å². The minimum absolute atomic E-state index is 0.333. The number of nitriles is 1. The summed E-state index contributed by atoms with van der Waals surface area (Å²) in [6.45, 7) is 2.90. The average molecular weight is 244 g/mol. The van der Waals surface area contributed by atoms with Gasteiger partial charge in [0.15, 0.2) is 11.5 Å². The Morgan fingerprint density at radius 1 is 1.22 bits per heavy atom. The van der Waals surface area contributed by atoms with Crippen LogP contribution in [-0.4, -0.2) is 31.3 Å². The average Bonchev–Trinajstić information content (AvgIpc) is 2.87. The zero-order valence-corrected chi connectivity index (χ0v) is 10.3. The van der Waals surface area contributed by atoms with E-state index in [-0.39, 0.29) is 0 Å². The zero-order chi connectivity index (χ0) is 12.4. The predicted octanol–water partition coefficient (Wildman–Crippen LogP) is 2.12. The van der Waals surface area contributed by atoms with E-state index in [4.69, 9.17) is 14.7 Å². The molecule has 0 N–H and O–H groups in total. The van der Waals surface area contributed by atoms with Crippen LogP contribution in [-0.2, 0) is 0 Å². The second-order valence-electron chi connectivity index (χ2n) is 4.82. The van der Waals surface area contributed by atoms with Gasteiger partial charge in [-0.25, -0.2) is 0 Å². The van der Waals surface area contributed by atoms with Crippen molar-refractivity contribution >= 4 is 0 Å². The van der Waals surface area contributed by atoms with Crippen molar-refractivity contribution in [2.24, 2.45) is 0 Å². The van der Waals surface area contributed by atoms with Crippen LogP contribution in [0.15, 0.2) is 18.2 Å². The first-order valence-corrected chi connectivity index (χ1v) is 6.35. The van der Waals surface area contributed by atoms with Crippen molar-refractivity contribution < 1.29 is 9.47 Å².